The van der Waals surface area contributed by atoms with Gasteiger partial charge in [0.1, 0.15) is 11.7 Å². The van der Waals surface area contributed by atoms with E-state index in [1.165, 1.54) is 18.7 Å². The van der Waals surface area contributed by atoms with Crippen molar-refractivity contribution in [2.45, 2.75) is 5.92 Å². The summed E-state index contributed by atoms with van der Waals surface area (Å²) in [6.07, 6.45) is 0. The molecule has 0 bridgehead atoms. The lowest BCUT2D eigenvalue weighted by Gasteiger charge is -2.30. The summed E-state index contributed by atoms with van der Waals surface area (Å²) >= 11 is 0. The van der Waals surface area contributed by atoms with Crippen LogP contribution in [0.15, 0.2) is 39.9 Å². The van der Waals surface area contributed by atoms with Crippen LogP contribution in [0.3, 0.4) is 0 Å². The zero-order chi connectivity index (χ0) is 16.7. The number of nitrogens with zero attached hydrogens (tertiary/aromatic N) is 3. The highest BCUT2D eigenvalue weighted by atomic mass is 16.2. The van der Waals surface area contributed by atoms with E-state index in [2.05, 4.69) is 5.32 Å². The predicted molar refractivity (Wildman–Crippen MR) is 82.9 cm³/mol. The maximum absolute atomic E-state index is 12.6. The SMILES string of the molecule is Cn1c2c(c(=O)n(C)c1=O)[C@@H](c1ccccc1)[C@@H](C#N)C(=O)N2. The van der Waals surface area contributed by atoms with E-state index in [1.807, 2.05) is 12.1 Å². The average Bonchev–Trinajstić information content (AvgIpc) is 2.57. The van der Waals surface area contributed by atoms with E-state index in [0.29, 0.717) is 5.56 Å². The second-order valence-electron chi connectivity index (χ2n) is 5.45. The van der Waals surface area contributed by atoms with Crippen molar-refractivity contribution in [3.63, 3.8) is 0 Å². The van der Waals surface area contributed by atoms with Gasteiger partial charge in [-0.2, -0.15) is 5.26 Å². The standard InChI is InChI=1S/C16H14N4O3/c1-19-13-12(15(22)20(2)16(19)23)11(9-6-4-3-5-7-9)10(8-17)14(21)18-13/h3-7,10-11H,1-2H3,(H,18,21)/t10-,11+/m1/s1. The molecular weight excluding hydrogens is 296 g/mol. The van der Waals surface area contributed by atoms with Crippen LogP contribution in [-0.2, 0) is 18.9 Å². The summed E-state index contributed by atoms with van der Waals surface area (Å²) in [5.74, 6) is -2.11. The van der Waals surface area contributed by atoms with Crippen LogP contribution >= 0.6 is 0 Å². The molecule has 7 heteroatoms. The van der Waals surface area contributed by atoms with Gasteiger partial charge in [0.25, 0.3) is 5.56 Å². The van der Waals surface area contributed by atoms with Crippen LogP contribution in [0.25, 0.3) is 0 Å². The molecule has 0 radical (unpaired) electrons. The molecule has 0 aliphatic carbocycles. The number of nitrogens with one attached hydrogen (secondary N) is 1. The molecule has 0 unspecified atom stereocenters. The zero-order valence-electron chi connectivity index (χ0n) is 12.6. The lowest BCUT2D eigenvalue weighted by Crippen LogP contribution is -2.46. The fraction of sp³-hybridized carbons (Fsp3) is 0.250. The summed E-state index contributed by atoms with van der Waals surface area (Å²) in [5, 5.41) is 11.9. The van der Waals surface area contributed by atoms with Gasteiger partial charge in [0.15, 0.2) is 0 Å². The highest BCUT2D eigenvalue weighted by Crippen LogP contribution is 2.37. The number of carbonyl (C=O) groups is 1. The number of rotatable bonds is 1. The molecule has 0 saturated carbocycles. The molecular formula is C16H14N4O3. The van der Waals surface area contributed by atoms with Crippen LogP contribution < -0.4 is 16.6 Å². The summed E-state index contributed by atoms with van der Waals surface area (Å²) in [6, 6.07) is 10.9. The quantitative estimate of drug-likeness (QED) is 0.819. The number of nitriles is 1. The van der Waals surface area contributed by atoms with E-state index in [-0.39, 0.29) is 11.4 Å². The number of benzene rings is 1. The van der Waals surface area contributed by atoms with Crippen LogP contribution in [0.5, 0.6) is 0 Å². The van der Waals surface area contributed by atoms with Crippen molar-refractivity contribution in [2.75, 3.05) is 5.32 Å². The highest BCUT2D eigenvalue weighted by molar-refractivity contribution is 5.97. The first-order valence-corrected chi connectivity index (χ1v) is 7.02. The Kier molecular flexibility index (Phi) is 3.37. The third kappa shape index (κ3) is 2.07. The number of aromatic nitrogens is 2. The van der Waals surface area contributed by atoms with Gasteiger partial charge < -0.3 is 5.32 Å². The molecule has 2 heterocycles. The average molecular weight is 310 g/mol. The minimum atomic E-state index is -1.03. The predicted octanol–water partition coefficient (Wildman–Crippen LogP) is 0.308. The largest absolute Gasteiger partial charge is 0.332 e. The first kappa shape index (κ1) is 14.8. The first-order valence-electron chi connectivity index (χ1n) is 7.02. The number of amides is 1. The van der Waals surface area contributed by atoms with Crippen molar-refractivity contribution in [2.24, 2.45) is 20.0 Å². The number of hydrogen-bond donors (Lipinski definition) is 1. The first-order chi connectivity index (χ1) is 11.0. The number of hydrogen-bond acceptors (Lipinski definition) is 4. The maximum atomic E-state index is 12.6. The summed E-state index contributed by atoms with van der Waals surface area (Å²) in [5.41, 5.74) is -0.0914. The number of carbonyl (C=O) groups excluding carboxylic acids is 1. The second kappa shape index (κ2) is 5.25. The molecule has 0 spiro atoms. The molecule has 23 heavy (non-hydrogen) atoms. The lowest BCUT2D eigenvalue weighted by molar-refractivity contribution is -0.119. The molecule has 1 N–H and O–H groups in total. The molecule has 3 rings (SSSR count). The Morgan fingerprint density at radius 1 is 1.09 bits per heavy atom. The third-order valence-corrected chi connectivity index (χ3v) is 4.17. The van der Waals surface area contributed by atoms with E-state index in [9.17, 15) is 19.6 Å². The molecule has 116 valence electrons. The number of fused-ring (bicyclic) bond motifs is 1. The van der Waals surface area contributed by atoms with Gasteiger partial charge in [0.2, 0.25) is 5.91 Å². The number of anilines is 1. The van der Waals surface area contributed by atoms with Crippen LogP contribution in [0.2, 0.25) is 0 Å². The van der Waals surface area contributed by atoms with Crippen molar-refractivity contribution >= 4 is 11.7 Å². The van der Waals surface area contributed by atoms with E-state index in [4.69, 9.17) is 0 Å². The van der Waals surface area contributed by atoms with Crippen molar-refractivity contribution in [3.8, 4) is 6.07 Å². The fourth-order valence-electron chi connectivity index (χ4n) is 2.97. The van der Waals surface area contributed by atoms with Crippen molar-refractivity contribution in [1.29, 1.82) is 5.26 Å². The zero-order valence-corrected chi connectivity index (χ0v) is 12.6. The van der Waals surface area contributed by atoms with E-state index in [0.717, 1.165) is 4.57 Å². The molecule has 1 aromatic carbocycles. The lowest BCUT2D eigenvalue weighted by atomic mass is 9.79. The summed E-state index contributed by atoms with van der Waals surface area (Å²) < 4.78 is 2.21. The van der Waals surface area contributed by atoms with Gasteiger partial charge in [0.05, 0.1) is 11.6 Å². The third-order valence-electron chi connectivity index (χ3n) is 4.17. The maximum Gasteiger partial charge on any atom is 0.332 e. The minimum absolute atomic E-state index is 0.156. The Labute approximate surface area is 131 Å². The monoisotopic (exact) mass is 310 g/mol. The van der Waals surface area contributed by atoms with Crippen LogP contribution in [0, 0.1) is 17.2 Å². The normalized spacial score (nSPS) is 19.6. The van der Waals surface area contributed by atoms with E-state index < -0.39 is 29.0 Å². The van der Waals surface area contributed by atoms with Gasteiger partial charge in [0, 0.05) is 20.0 Å². The van der Waals surface area contributed by atoms with Crippen molar-refractivity contribution < 1.29 is 4.79 Å². The molecule has 0 fully saturated rings. The molecule has 1 aliphatic heterocycles. The Balaban J connectivity index is 2.41. The van der Waals surface area contributed by atoms with Gasteiger partial charge in [-0.25, -0.2) is 4.79 Å². The smallest absolute Gasteiger partial charge is 0.310 e. The Bertz CT molecular complexity index is 950. The van der Waals surface area contributed by atoms with E-state index in [1.54, 1.807) is 24.3 Å². The highest BCUT2D eigenvalue weighted by Gasteiger charge is 2.40. The molecule has 2 aromatic rings. The van der Waals surface area contributed by atoms with Crippen LogP contribution in [0.4, 0.5) is 5.82 Å². The minimum Gasteiger partial charge on any atom is -0.310 e. The Hall–Kier alpha value is -3.14. The molecule has 7 nitrogen and oxygen atoms in total. The Morgan fingerprint density at radius 2 is 1.74 bits per heavy atom. The van der Waals surface area contributed by atoms with Gasteiger partial charge in [-0.1, -0.05) is 30.3 Å². The molecule has 0 saturated heterocycles. The molecule has 1 aliphatic rings. The van der Waals surface area contributed by atoms with Crippen molar-refractivity contribution in [3.05, 3.63) is 62.3 Å². The summed E-state index contributed by atoms with van der Waals surface area (Å²) in [6.45, 7) is 0. The summed E-state index contributed by atoms with van der Waals surface area (Å²) in [4.78, 5) is 37.0. The van der Waals surface area contributed by atoms with Gasteiger partial charge in [-0.05, 0) is 5.56 Å². The van der Waals surface area contributed by atoms with Crippen molar-refractivity contribution in [1.82, 2.24) is 9.13 Å². The van der Waals surface area contributed by atoms with Crippen LogP contribution in [-0.4, -0.2) is 15.0 Å². The molecule has 1 amide bonds. The molecule has 2 atom stereocenters. The van der Waals surface area contributed by atoms with Gasteiger partial charge >= 0.3 is 5.69 Å². The van der Waals surface area contributed by atoms with E-state index >= 15 is 0 Å². The van der Waals surface area contributed by atoms with Gasteiger partial charge in [-0.15, -0.1) is 0 Å². The second-order valence-corrected chi connectivity index (χ2v) is 5.45. The molecule has 1 aromatic heterocycles. The Morgan fingerprint density at radius 3 is 2.35 bits per heavy atom. The van der Waals surface area contributed by atoms with Crippen LogP contribution in [0.1, 0.15) is 17.0 Å². The fourth-order valence-corrected chi connectivity index (χ4v) is 2.97. The topological polar surface area (TPSA) is 96.9 Å². The summed E-state index contributed by atoms with van der Waals surface area (Å²) in [7, 11) is 2.86. The van der Waals surface area contributed by atoms with Gasteiger partial charge in [-0.3, -0.25) is 18.7 Å².